The van der Waals surface area contributed by atoms with Gasteiger partial charge in [0.15, 0.2) is 0 Å². The van der Waals surface area contributed by atoms with E-state index in [4.69, 9.17) is 9.84 Å². The van der Waals surface area contributed by atoms with Crippen LogP contribution in [0.3, 0.4) is 0 Å². The third kappa shape index (κ3) is 2.20. The van der Waals surface area contributed by atoms with Gasteiger partial charge in [-0.3, -0.25) is 9.48 Å². The summed E-state index contributed by atoms with van der Waals surface area (Å²) in [5, 5.41) is 12.9. The molecule has 1 atom stereocenters. The van der Waals surface area contributed by atoms with E-state index in [9.17, 15) is 9.59 Å². The average Bonchev–Trinajstić information content (AvgIpc) is 3.10. The molecule has 0 radical (unpaired) electrons. The molecule has 0 bridgehead atoms. The Hall–Kier alpha value is -2.83. The van der Waals surface area contributed by atoms with Crippen LogP contribution >= 0.6 is 0 Å². The number of hydrogen-bond donors (Lipinski definition) is 1. The Balaban J connectivity index is 1.92. The van der Waals surface area contributed by atoms with E-state index in [0.29, 0.717) is 5.75 Å². The lowest BCUT2D eigenvalue weighted by Gasteiger charge is -2.21. The van der Waals surface area contributed by atoms with E-state index in [1.54, 1.807) is 10.9 Å². The van der Waals surface area contributed by atoms with Crippen molar-refractivity contribution in [2.24, 2.45) is 7.05 Å². The molecule has 0 fully saturated rings. The number of carboxylic acids is 1. The number of carbonyl (C=O) groups is 2. The van der Waals surface area contributed by atoms with E-state index < -0.39 is 11.9 Å². The van der Waals surface area contributed by atoms with Crippen LogP contribution in [0.25, 0.3) is 11.3 Å². The van der Waals surface area contributed by atoms with Gasteiger partial charge >= 0.3 is 11.9 Å². The van der Waals surface area contributed by atoms with Crippen molar-refractivity contribution in [2.75, 3.05) is 13.7 Å². The number of likely N-dealkylation sites (N-methyl/N-ethyl adjacent to an activating group) is 1. The fraction of sp³-hybridized carbons (Fsp3) is 0.267. The molecule has 1 aliphatic heterocycles. The molecule has 0 saturated heterocycles. The second-order valence-corrected chi connectivity index (χ2v) is 5.14. The van der Waals surface area contributed by atoms with Crippen molar-refractivity contribution >= 4 is 11.9 Å². The molecule has 22 heavy (non-hydrogen) atoms. The van der Waals surface area contributed by atoms with Crippen molar-refractivity contribution in [2.45, 2.75) is 6.04 Å². The fourth-order valence-electron chi connectivity index (χ4n) is 2.62. The van der Waals surface area contributed by atoms with E-state index in [-0.39, 0.29) is 12.6 Å². The molecule has 7 nitrogen and oxygen atoms in total. The van der Waals surface area contributed by atoms with Gasteiger partial charge in [0.25, 0.3) is 0 Å². The maximum Gasteiger partial charge on any atom is 0.394 e. The highest BCUT2D eigenvalue weighted by molar-refractivity contribution is 6.31. The summed E-state index contributed by atoms with van der Waals surface area (Å²) in [6.07, 6.45) is 1.71. The Morgan fingerprint density at radius 1 is 1.41 bits per heavy atom. The van der Waals surface area contributed by atoms with E-state index >= 15 is 0 Å². The summed E-state index contributed by atoms with van der Waals surface area (Å²) >= 11 is 0. The molecular weight excluding hydrogens is 286 g/mol. The quantitative estimate of drug-likeness (QED) is 0.839. The van der Waals surface area contributed by atoms with Crippen molar-refractivity contribution in [3.8, 4) is 17.0 Å². The van der Waals surface area contributed by atoms with Crippen molar-refractivity contribution in [1.29, 1.82) is 0 Å². The number of carboxylic acid groups (broad SMARTS) is 1. The molecule has 0 saturated carbocycles. The lowest BCUT2D eigenvalue weighted by atomic mass is 10.0. The third-order valence-corrected chi connectivity index (χ3v) is 3.86. The number of carbonyl (C=O) groups excluding carboxylic acids is 1. The Morgan fingerprint density at radius 3 is 2.82 bits per heavy atom. The zero-order chi connectivity index (χ0) is 15.9. The van der Waals surface area contributed by atoms with Crippen LogP contribution in [0.15, 0.2) is 30.5 Å². The van der Waals surface area contributed by atoms with Gasteiger partial charge in [0.1, 0.15) is 12.4 Å². The number of ether oxygens (including phenoxy) is 1. The van der Waals surface area contributed by atoms with Gasteiger partial charge in [-0.05, 0) is 12.1 Å². The maximum absolute atomic E-state index is 11.6. The van der Waals surface area contributed by atoms with E-state index in [2.05, 4.69) is 5.10 Å². The fourth-order valence-corrected chi connectivity index (χ4v) is 2.62. The number of aliphatic carboxylic acids is 1. The van der Waals surface area contributed by atoms with Gasteiger partial charge in [0.2, 0.25) is 0 Å². The third-order valence-electron chi connectivity index (χ3n) is 3.86. The summed E-state index contributed by atoms with van der Waals surface area (Å²) in [5.74, 6) is -1.76. The first-order valence-electron chi connectivity index (χ1n) is 6.74. The van der Waals surface area contributed by atoms with Gasteiger partial charge in [-0.1, -0.05) is 12.1 Å². The van der Waals surface area contributed by atoms with Gasteiger partial charge in [-0.2, -0.15) is 5.10 Å². The molecule has 2 aromatic rings. The lowest BCUT2D eigenvalue weighted by Crippen LogP contribution is -2.36. The predicted molar refractivity (Wildman–Crippen MR) is 77.3 cm³/mol. The van der Waals surface area contributed by atoms with Gasteiger partial charge in [0.05, 0.1) is 11.7 Å². The van der Waals surface area contributed by atoms with Crippen LogP contribution in [0.1, 0.15) is 11.6 Å². The number of amides is 1. The van der Waals surface area contributed by atoms with Crippen molar-refractivity contribution in [1.82, 2.24) is 14.7 Å². The number of rotatable bonds is 2. The summed E-state index contributed by atoms with van der Waals surface area (Å²) in [6.45, 7) is 0.250. The van der Waals surface area contributed by atoms with E-state index in [0.717, 1.165) is 16.8 Å². The number of nitrogens with zero attached hydrogens (tertiary/aromatic N) is 3. The van der Waals surface area contributed by atoms with Crippen LogP contribution < -0.4 is 4.74 Å². The second-order valence-electron chi connectivity index (χ2n) is 5.14. The molecule has 1 amide bonds. The zero-order valence-corrected chi connectivity index (χ0v) is 12.2. The Labute approximate surface area is 126 Å². The molecule has 1 aromatic carbocycles. The Kier molecular flexibility index (Phi) is 3.32. The standard InChI is InChI=1S/C15H15N3O4/c1-17(14(19)15(20)21)12-8-22-13-7-9(3-4-10(12)13)11-5-6-16-18(11)2/h3-7,12H,8H2,1-2H3,(H,20,21). The van der Waals surface area contributed by atoms with Crippen LogP contribution in [0.5, 0.6) is 5.75 Å². The smallest absolute Gasteiger partial charge is 0.394 e. The molecule has 2 heterocycles. The average molecular weight is 301 g/mol. The van der Waals surface area contributed by atoms with Crippen LogP contribution in [0.4, 0.5) is 0 Å². The topological polar surface area (TPSA) is 84.7 Å². The van der Waals surface area contributed by atoms with Gasteiger partial charge in [-0.25, -0.2) is 4.79 Å². The molecule has 7 heteroatoms. The van der Waals surface area contributed by atoms with Gasteiger partial charge in [0, 0.05) is 31.4 Å². The largest absolute Gasteiger partial charge is 0.491 e. The molecule has 0 aliphatic carbocycles. The summed E-state index contributed by atoms with van der Waals surface area (Å²) < 4.78 is 7.38. The van der Waals surface area contributed by atoms with Crippen molar-refractivity contribution in [3.63, 3.8) is 0 Å². The summed E-state index contributed by atoms with van der Waals surface area (Å²) in [7, 11) is 3.32. The number of hydrogen-bond acceptors (Lipinski definition) is 4. The van der Waals surface area contributed by atoms with E-state index in [1.807, 2.05) is 31.3 Å². The maximum atomic E-state index is 11.6. The Morgan fingerprint density at radius 2 is 2.18 bits per heavy atom. The molecule has 1 N–H and O–H groups in total. The second kappa shape index (κ2) is 5.18. The molecule has 1 aliphatic rings. The monoisotopic (exact) mass is 301 g/mol. The zero-order valence-electron chi connectivity index (χ0n) is 12.2. The van der Waals surface area contributed by atoms with Gasteiger partial charge in [-0.15, -0.1) is 0 Å². The molecule has 3 rings (SSSR count). The molecule has 0 spiro atoms. The molecule has 1 aromatic heterocycles. The normalized spacial score (nSPS) is 16.0. The minimum absolute atomic E-state index is 0.250. The van der Waals surface area contributed by atoms with Gasteiger partial charge < -0.3 is 14.7 Å². The van der Waals surface area contributed by atoms with Crippen molar-refractivity contribution < 1.29 is 19.4 Å². The van der Waals surface area contributed by atoms with Crippen LogP contribution in [0, 0.1) is 0 Å². The minimum atomic E-state index is -1.47. The number of fused-ring (bicyclic) bond motifs is 1. The summed E-state index contributed by atoms with van der Waals surface area (Å²) in [4.78, 5) is 23.6. The van der Waals surface area contributed by atoms with Crippen LogP contribution in [-0.4, -0.2) is 45.3 Å². The first-order chi connectivity index (χ1) is 10.5. The first kappa shape index (κ1) is 14.1. The molecule has 1 unspecified atom stereocenters. The SMILES string of the molecule is CN(C(=O)C(=O)O)C1COc2cc(-c3ccnn3C)ccc21. The number of benzene rings is 1. The summed E-state index contributed by atoms with van der Waals surface area (Å²) in [6, 6.07) is 7.16. The minimum Gasteiger partial charge on any atom is -0.491 e. The van der Waals surface area contributed by atoms with E-state index in [1.165, 1.54) is 11.9 Å². The highest BCUT2D eigenvalue weighted by Crippen LogP contribution is 2.38. The van der Waals surface area contributed by atoms with Crippen LogP contribution in [-0.2, 0) is 16.6 Å². The first-order valence-corrected chi connectivity index (χ1v) is 6.74. The van der Waals surface area contributed by atoms with Crippen molar-refractivity contribution in [3.05, 3.63) is 36.0 Å². The number of aryl methyl sites for hydroxylation is 1. The lowest BCUT2D eigenvalue weighted by molar-refractivity contribution is -0.156. The number of aromatic nitrogens is 2. The Bertz CT molecular complexity index is 753. The molecule has 114 valence electrons. The predicted octanol–water partition coefficient (Wildman–Crippen LogP) is 1.06. The summed E-state index contributed by atoms with van der Waals surface area (Å²) in [5.41, 5.74) is 2.71. The highest BCUT2D eigenvalue weighted by atomic mass is 16.5. The molecular formula is C15H15N3O4. The van der Waals surface area contributed by atoms with Crippen LogP contribution in [0.2, 0.25) is 0 Å². The highest BCUT2D eigenvalue weighted by Gasteiger charge is 2.33.